The third-order valence-corrected chi connectivity index (χ3v) is 3.79. The van der Waals surface area contributed by atoms with Gasteiger partial charge in [0.2, 0.25) is 0 Å². The van der Waals surface area contributed by atoms with Crippen LogP contribution in [0.15, 0.2) is 18.2 Å². The molecule has 1 aliphatic carbocycles. The standard InChI is InChI=1S/C15H19F2NO/c16-12-4-5-14(17)11(8-12)9-13(19)10-15(18)6-2-1-3-7-15/h4-5,8H,1-3,6-7,9-10,18H2. The molecule has 0 radical (unpaired) electrons. The summed E-state index contributed by atoms with van der Waals surface area (Å²) >= 11 is 0. The van der Waals surface area contributed by atoms with Gasteiger partial charge in [-0.25, -0.2) is 8.78 Å². The Morgan fingerprint density at radius 2 is 1.89 bits per heavy atom. The minimum atomic E-state index is -0.538. The van der Waals surface area contributed by atoms with Gasteiger partial charge in [-0.1, -0.05) is 19.3 Å². The minimum Gasteiger partial charge on any atom is -0.325 e. The lowest BCUT2D eigenvalue weighted by Gasteiger charge is -2.32. The van der Waals surface area contributed by atoms with Crippen LogP contribution in [-0.2, 0) is 11.2 Å². The highest BCUT2D eigenvalue weighted by Crippen LogP contribution is 2.29. The highest BCUT2D eigenvalue weighted by atomic mass is 19.1. The maximum absolute atomic E-state index is 13.5. The Balaban J connectivity index is 1.99. The number of hydrogen-bond donors (Lipinski definition) is 1. The van der Waals surface area contributed by atoms with Gasteiger partial charge in [-0.15, -0.1) is 0 Å². The summed E-state index contributed by atoms with van der Waals surface area (Å²) in [5, 5.41) is 0. The monoisotopic (exact) mass is 267 g/mol. The van der Waals surface area contributed by atoms with Gasteiger partial charge in [-0.05, 0) is 36.6 Å². The first-order chi connectivity index (χ1) is 8.98. The first-order valence-electron chi connectivity index (χ1n) is 6.73. The van der Waals surface area contributed by atoms with Crippen molar-refractivity contribution in [3.05, 3.63) is 35.4 Å². The van der Waals surface area contributed by atoms with Crippen molar-refractivity contribution in [3.8, 4) is 0 Å². The molecule has 1 saturated carbocycles. The number of carbonyl (C=O) groups excluding carboxylic acids is 1. The molecule has 1 aliphatic rings. The van der Waals surface area contributed by atoms with E-state index in [2.05, 4.69) is 0 Å². The maximum atomic E-state index is 13.5. The highest BCUT2D eigenvalue weighted by molar-refractivity contribution is 5.82. The minimum absolute atomic E-state index is 0.0808. The van der Waals surface area contributed by atoms with E-state index in [0.29, 0.717) is 0 Å². The zero-order valence-electron chi connectivity index (χ0n) is 10.9. The predicted octanol–water partition coefficient (Wildman–Crippen LogP) is 3.13. The van der Waals surface area contributed by atoms with Gasteiger partial charge in [0.25, 0.3) is 0 Å². The molecule has 0 atom stereocenters. The van der Waals surface area contributed by atoms with Crippen molar-refractivity contribution in [1.82, 2.24) is 0 Å². The van der Waals surface area contributed by atoms with Crippen LogP contribution in [0.5, 0.6) is 0 Å². The molecule has 0 aliphatic heterocycles. The smallest absolute Gasteiger partial charge is 0.139 e. The second kappa shape index (κ2) is 5.78. The molecule has 0 spiro atoms. The zero-order valence-corrected chi connectivity index (χ0v) is 10.9. The number of hydrogen-bond acceptors (Lipinski definition) is 2. The number of nitrogens with two attached hydrogens (primary N) is 1. The van der Waals surface area contributed by atoms with Crippen LogP contribution in [0.4, 0.5) is 8.78 Å². The summed E-state index contributed by atoms with van der Waals surface area (Å²) < 4.78 is 26.5. The van der Waals surface area contributed by atoms with Crippen LogP contribution >= 0.6 is 0 Å². The third kappa shape index (κ3) is 3.83. The van der Waals surface area contributed by atoms with Gasteiger partial charge in [0.1, 0.15) is 17.4 Å². The molecular weight excluding hydrogens is 248 g/mol. The first kappa shape index (κ1) is 14.1. The van der Waals surface area contributed by atoms with E-state index in [1.807, 2.05) is 0 Å². The molecule has 0 heterocycles. The van der Waals surface area contributed by atoms with E-state index >= 15 is 0 Å². The molecule has 104 valence electrons. The molecule has 0 bridgehead atoms. The molecule has 1 aromatic carbocycles. The van der Waals surface area contributed by atoms with Crippen molar-refractivity contribution >= 4 is 5.78 Å². The van der Waals surface area contributed by atoms with Gasteiger partial charge in [0, 0.05) is 18.4 Å². The van der Waals surface area contributed by atoms with Crippen LogP contribution in [0.25, 0.3) is 0 Å². The van der Waals surface area contributed by atoms with Gasteiger partial charge < -0.3 is 5.73 Å². The fourth-order valence-electron chi connectivity index (χ4n) is 2.78. The van der Waals surface area contributed by atoms with Crippen LogP contribution in [0, 0.1) is 11.6 Å². The molecule has 1 fully saturated rings. The van der Waals surface area contributed by atoms with Gasteiger partial charge in [0.15, 0.2) is 0 Å². The Hall–Kier alpha value is -1.29. The SMILES string of the molecule is NC1(CC(=O)Cc2cc(F)ccc2F)CCCCC1. The van der Waals surface area contributed by atoms with E-state index in [4.69, 9.17) is 5.73 Å². The maximum Gasteiger partial charge on any atom is 0.139 e. The van der Waals surface area contributed by atoms with Crippen molar-refractivity contribution in [3.63, 3.8) is 0 Å². The highest BCUT2D eigenvalue weighted by Gasteiger charge is 2.30. The number of rotatable bonds is 4. The van der Waals surface area contributed by atoms with Gasteiger partial charge in [-0.3, -0.25) is 4.79 Å². The van der Waals surface area contributed by atoms with Gasteiger partial charge in [0.05, 0.1) is 0 Å². The van der Waals surface area contributed by atoms with Gasteiger partial charge in [-0.2, -0.15) is 0 Å². The van der Waals surface area contributed by atoms with E-state index in [1.165, 1.54) is 0 Å². The summed E-state index contributed by atoms with van der Waals surface area (Å²) in [7, 11) is 0. The number of ketones is 1. The van der Waals surface area contributed by atoms with Crippen LogP contribution in [0.3, 0.4) is 0 Å². The van der Waals surface area contributed by atoms with Crippen molar-refractivity contribution in [1.29, 1.82) is 0 Å². The fourth-order valence-corrected chi connectivity index (χ4v) is 2.78. The lowest BCUT2D eigenvalue weighted by atomic mass is 9.78. The van der Waals surface area contributed by atoms with Crippen LogP contribution < -0.4 is 5.73 Å². The Kier molecular flexibility index (Phi) is 4.30. The van der Waals surface area contributed by atoms with Crippen molar-refractivity contribution in [2.24, 2.45) is 5.73 Å². The molecule has 0 saturated heterocycles. The third-order valence-electron chi connectivity index (χ3n) is 3.79. The Bertz CT molecular complexity index is 467. The van der Waals surface area contributed by atoms with Crippen molar-refractivity contribution < 1.29 is 13.6 Å². The van der Waals surface area contributed by atoms with Crippen LogP contribution in [-0.4, -0.2) is 11.3 Å². The average Bonchev–Trinajstić information content (AvgIpc) is 2.34. The van der Waals surface area contributed by atoms with E-state index < -0.39 is 17.2 Å². The normalized spacial score (nSPS) is 18.3. The average molecular weight is 267 g/mol. The van der Waals surface area contributed by atoms with Crippen molar-refractivity contribution in [2.75, 3.05) is 0 Å². The number of carbonyl (C=O) groups is 1. The molecule has 0 aromatic heterocycles. The summed E-state index contributed by atoms with van der Waals surface area (Å²) in [6.07, 6.45) is 5.09. The van der Waals surface area contributed by atoms with E-state index in [9.17, 15) is 13.6 Å². The molecule has 19 heavy (non-hydrogen) atoms. The number of benzene rings is 1. The molecule has 2 rings (SSSR count). The molecule has 0 amide bonds. The summed E-state index contributed by atoms with van der Waals surface area (Å²) in [5.41, 5.74) is 5.86. The molecule has 4 heteroatoms. The fraction of sp³-hybridized carbons (Fsp3) is 0.533. The number of halogens is 2. The summed E-state index contributed by atoms with van der Waals surface area (Å²) in [4.78, 5) is 12.0. The predicted molar refractivity (Wildman–Crippen MR) is 69.7 cm³/mol. The van der Waals surface area contributed by atoms with Gasteiger partial charge >= 0.3 is 0 Å². The van der Waals surface area contributed by atoms with Crippen molar-refractivity contribution in [2.45, 2.75) is 50.5 Å². The Morgan fingerprint density at radius 3 is 2.58 bits per heavy atom. The lowest BCUT2D eigenvalue weighted by Crippen LogP contribution is -2.43. The summed E-state index contributed by atoms with van der Waals surface area (Å²) in [6, 6.07) is 3.18. The van der Waals surface area contributed by atoms with Crippen LogP contribution in [0.2, 0.25) is 0 Å². The van der Waals surface area contributed by atoms with Crippen LogP contribution in [0.1, 0.15) is 44.1 Å². The van der Waals surface area contributed by atoms with E-state index in [0.717, 1.165) is 50.3 Å². The Morgan fingerprint density at radius 1 is 1.21 bits per heavy atom. The molecule has 0 unspecified atom stereocenters. The number of Topliss-reactive ketones (excluding diaryl/α,β-unsaturated/α-hetero) is 1. The topological polar surface area (TPSA) is 43.1 Å². The van der Waals surface area contributed by atoms with E-state index in [1.54, 1.807) is 0 Å². The van der Waals surface area contributed by atoms with E-state index in [-0.39, 0.29) is 24.2 Å². The molecule has 1 aromatic rings. The molecule has 2 N–H and O–H groups in total. The second-order valence-electron chi connectivity index (χ2n) is 5.55. The Labute approximate surface area is 112 Å². The summed E-state index contributed by atoms with van der Waals surface area (Å²) in [6.45, 7) is 0. The first-order valence-corrected chi connectivity index (χ1v) is 6.73. The lowest BCUT2D eigenvalue weighted by molar-refractivity contribution is -0.119. The quantitative estimate of drug-likeness (QED) is 0.910. The second-order valence-corrected chi connectivity index (χ2v) is 5.55. The molecule has 2 nitrogen and oxygen atoms in total. The largest absolute Gasteiger partial charge is 0.325 e. The summed E-state index contributed by atoms with van der Waals surface area (Å²) in [5.74, 6) is -1.18. The molecular formula is C15H19F2NO. The zero-order chi connectivity index (χ0) is 13.9.